The maximum atomic E-state index is 14.3. The Kier molecular flexibility index (Phi) is 5.36. The smallest absolute Gasteiger partial charge is 0.260 e. The van der Waals surface area contributed by atoms with E-state index in [0.717, 1.165) is 28.2 Å². The molecule has 160 valence electrons. The lowest BCUT2D eigenvalue weighted by atomic mass is 10.0. The minimum Gasteiger partial charge on any atom is -0.337 e. The molecule has 8 heteroatoms. The van der Waals surface area contributed by atoms with E-state index in [0.29, 0.717) is 34.9 Å². The summed E-state index contributed by atoms with van der Waals surface area (Å²) >= 11 is 1.10. The largest absolute Gasteiger partial charge is 0.337 e. The topological polar surface area (TPSA) is 51.0 Å². The van der Waals surface area contributed by atoms with Crippen LogP contribution < -0.4 is 4.90 Å². The number of fused-ring (bicyclic) bond motifs is 2. The first-order chi connectivity index (χ1) is 15.6. The van der Waals surface area contributed by atoms with Gasteiger partial charge in [0.1, 0.15) is 11.3 Å². The molecule has 2 heterocycles. The van der Waals surface area contributed by atoms with E-state index in [9.17, 15) is 13.6 Å². The highest BCUT2D eigenvalue weighted by atomic mass is 32.1. The lowest BCUT2D eigenvalue weighted by Crippen LogP contribution is -2.32. The molecule has 0 atom stereocenters. The average molecular weight is 448 g/mol. The van der Waals surface area contributed by atoms with Crippen molar-refractivity contribution in [3.05, 3.63) is 90.5 Å². The van der Waals surface area contributed by atoms with Crippen LogP contribution in [-0.4, -0.2) is 27.0 Å². The second-order valence-corrected chi connectivity index (χ2v) is 8.38. The number of aryl methyl sites for hydroxylation is 1. The Labute approximate surface area is 186 Å². The van der Waals surface area contributed by atoms with Gasteiger partial charge >= 0.3 is 0 Å². The highest BCUT2D eigenvalue weighted by Gasteiger charge is 2.23. The van der Waals surface area contributed by atoms with Crippen molar-refractivity contribution in [2.24, 2.45) is 0 Å². The van der Waals surface area contributed by atoms with Crippen LogP contribution in [-0.2, 0) is 6.54 Å². The minimum absolute atomic E-state index is 0.0664. The number of benzene rings is 3. The van der Waals surface area contributed by atoms with Gasteiger partial charge in [0.15, 0.2) is 10.9 Å². The second kappa shape index (κ2) is 8.47. The zero-order valence-electron chi connectivity index (χ0n) is 16.9. The predicted octanol–water partition coefficient (Wildman–Crippen LogP) is 5.66. The number of nitrogens with zero attached hydrogens (tertiary/aromatic N) is 4. The molecule has 0 saturated carbocycles. The van der Waals surface area contributed by atoms with Gasteiger partial charge in [-0.15, -0.1) is 0 Å². The van der Waals surface area contributed by atoms with Gasteiger partial charge in [-0.1, -0.05) is 47.7 Å². The third-order valence-corrected chi connectivity index (χ3v) is 6.28. The van der Waals surface area contributed by atoms with Crippen molar-refractivity contribution >= 4 is 43.4 Å². The molecule has 1 amide bonds. The molecular weight excluding hydrogens is 430 g/mol. The third kappa shape index (κ3) is 3.85. The molecule has 0 aliphatic rings. The maximum absolute atomic E-state index is 14.3. The zero-order chi connectivity index (χ0) is 22.1. The molecule has 5 nitrogen and oxygen atoms in total. The summed E-state index contributed by atoms with van der Waals surface area (Å²) in [7, 11) is 0. The number of thiazole rings is 1. The molecule has 0 aliphatic heterocycles. The van der Waals surface area contributed by atoms with Crippen LogP contribution in [0.3, 0.4) is 0 Å². The molecule has 0 unspecified atom stereocenters. The Bertz CT molecular complexity index is 1410. The minimum atomic E-state index is -0.738. The molecule has 0 saturated heterocycles. The summed E-state index contributed by atoms with van der Waals surface area (Å²) in [6.07, 6.45) is 5.91. The van der Waals surface area contributed by atoms with Crippen LogP contribution >= 0.6 is 11.3 Å². The van der Waals surface area contributed by atoms with E-state index in [2.05, 4.69) is 9.97 Å². The fraction of sp³-hybridized carbons (Fsp3) is 0.125. The summed E-state index contributed by atoms with van der Waals surface area (Å²) in [6.45, 7) is 1.03. The van der Waals surface area contributed by atoms with E-state index in [1.807, 2.05) is 47.2 Å². The second-order valence-electron chi connectivity index (χ2n) is 7.37. The first-order valence-corrected chi connectivity index (χ1v) is 10.9. The highest BCUT2D eigenvalue weighted by molar-refractivity contribution is 7.22. The van der Waals surface area contributed by atoms with Crippen molar-refractivity contribution in [1.82, 2.24) is 14.5 Å². The van der Waals surface area contributed by atoms with Crippen LogP contribution in [0.1, 0.15) is 16.8 Å². The summed E-state index contributed by atoms with van der Waals surface area (Å²) in [5.41, 5.74) is 0.605. The molecule has 0 spiro atoms. The van der Waals surface area contributed by atoms with Crippen molar-refractivity contribution in [2.75, 3.05) is 11.4 Å². The number of imidazole rings is 1. The lowest BCUT2D eigenvalue weighted by Gasteiger charge is -2.21. The molecule has 5 aromatic rings. The van der Waals surface area contributed by atoms with E-state index in [-0.39, 0.29) is 11.4 Å². The van der Waals surface area contributed by atoms with Crippen LogP contribution in [0, 0.1) is 11.6 Å². The van der Waals surface area contributed by atoms with E-state index < -0.39 is 11.6 Å². The van der Waals surface area contributed by atoms with Crippen molar-refractivity contribution in [1.29, 1.82) is 0 Å². The van der Waals surface area contributed by atoms with E-state index >= 15 is 0 Å². The van der Waals surface area contributed by atoms with E-state index in [4.69, 9.17) is 0 Å². The number of hydrogen-bond acceptors (Lipinski definition) is 4. The van der Waals surface area contributed by atoms with Crippen LogP contribution in [0.15, 0.2) is 73.3 Å². The first-order valence-electron chi connectivity index (χ1n) is 10.1. The van der Waals surface area contributed by atoms with Gasteiger partial charge in [-0.25, -0.2) is 18.7 Å². The number of carbonyl (C=O) groups is 1. The van der Waals surface area contributed by atoms with Crippen LogP contribution in [0.2, 0.25) is 0 Å². The van der Waals surface area contributed by atoms with Crippen molar-refractivity contribution in [3.8, 4) is 0 Å². The fourth-order valence-electron chi connectivity index (χ4n) is 3.73. The Hall–Kier alpha value is -3.65. The van der Waals surface area contributed by atoms with Crippen molar-refractivity contribution in [3.63, 3.8) is 0 Å². The lowest BCUT2D eigenvalue weighted by molar-refractivity contribution is 0.0988. The molecule has 0 N–H and O–H groups in total. The van der Waals surface area contributed by atoms with Gasteiger partial charge in [-0.2, -0.15) is 0 Å². The molecule has 0 bridgehead atoms. The quantitative estimate of drug-likeness (QED) is 0.337. The van der Waals surface area contributed by atoms with Gasteiger partial charge in [0.25, 0.3) is 5.91 Å². The summed E-state index contributed by atoms with van der Waals surface area (Å²) in [4.78, 5) is 23.6. The number of carbonyl (C=O) groups excluding carboxylic acids is 1. The molecule has 0 radical (unpaired) electrons. The number of hydrogen-bond donors (Lipinski definition) is 0. The fourth-order valence-corrected chi connectivity index (χ4v) is 4.76. The predicted molar refractivity (Wildman–Crippen MR) is 122 cm³/mol. The van der Waals surface area contributed by atoms with Gasteiger partial charge < -0.3 is 4.57 Å². The molecule has 0 fully saturated rings. The van der Waals surface area contributed by atoms with Gasteiger partial charge in [0.05, 0.1) is 11.0 Å². The van der Waals surface area contributed by atoms with Crippen LogP contribution in [0.4, 0.5) is 13.9 Å². The maximum Gasteiger partial charge on any atom is 0.260 e. The summed E-state index contributed by atoms with van der Waals surface area (Å²) in [5.74, 6) is -1.64. The standard InChI is InChI=1S/C24H18F2N4OS/c25-17-13-20(26)22-21(14-17)32-24(28-22)30(11-4-10-29-12-9-27-15-29)23(31)19-8-3-6-16-5-1-2-7-18(16)19/h1-3,5-9,12-15H,4,10-11H2. The molecule has 32 heavy (non-hydrogen) atoms. The Balaban J connectivity index is 1.54. The first kappa shape index (κ1) is 20.3. The molecule has 5 rings (SSSR count). The van der Waals surface area contributed by atoms with E-state index in [1.54, 1.807) is 23.5 Å². The van der Waals surface area contributed by atoms with Gasteiger partial charge in [-0.3, -0.25) is 9.69 Å². The van der Waals surface area contributed by atoms with Crippen LogP contribution in [0.5, 0.6) is 0 Å². The summed E-state index contributed by atoms with van der Waals surface area (Å²) in [5, 5.41) is 2.13. The summed E-state index contributed by atoms with van der Waals surface area (Å²) in [6, 6.07) is 15.3. The Morgan fingerprint density at radius 2 is 1.94 bits per heavy atom. The molecule has 3 aromatic carbocycles. The number of halogens is 2. The number of aromatic nitrogens is 3. The SMILES string of the molecule is O=C(c1cccc2ccccc12)N(CCCn1ccnc1)c1nc2c(F)cc(F)cc2s1. The molecule has 0 aliphatic carbocycles. The van der Waals surface area contributed by atoms with Gasteiger partial charge in [0, 0.05) is 37.1 Å². The monoisotopic (exact) mass is 448 g/mol. The number of rotatable bonds is 6. The normalized spacial score (nSPS) is 11.3. The average Bonchev–Trinajstić information content (AvgIpc) is 3.46. The summed E-state index contributed by atoms with van der Waals surface area (Å²) < 4.78 is 30.3. The van der Waals surface area contributed by atoms with Crippen molar-refractivity contribution < 1.29 is 13.6 Å². The van der Waals surface area contributed by atoms with Gasteiger partial charge in [-0.05, 0) is 29.3 Å². The number of anilines is 1. The van der Waals surface area contributed by atoms with Crippen molar-refractivity contribution in [2.45, 2.75) is 13.0 Å². The molecular formula is C24H18F2N4OS. The van der Waals surface area contributed by atoms with Crippen LogP contribution in [0.25, 0.3) is 21.0 Å². The van der Waals surface area contributed by atoms with E-state index in [1.165, 1.54) is 6.07 Å². The highest BCUT2D eigenvalue weighted by Crippen LogP contribution is 2.33. The Morgan fingerprint density at radius 3 is 2.78 bits per heavy atom. The van der Waals surface area contributed by atoms with Gasteiger partial charge in [0.2, 0.25) is 0 Å². The number of amides is 1. The zero-order valence-corrected chi connectivity index (χ0v) is 17.7. The third-order valence-electron chi connectivity index (χ3n) is 5.26. The Morgan fingerprint density at radius 1 is 1.09 bits per heavy atom. The molecule has 2 aromatic heterocycles.